The minimum Gasteiger partial charge on any atom is -0.375 e. The summed E-state index contributed by atoms with van der Waals surface area (Å²) in [5.41, 5.74) is -19.6. The van der Waals surface area contributed by atoms with Crippen LogP contribution in [0.5, 0.6) is 0 Å². The molecule has 0 aromatic heterocycles. The van der Waals surface area contributed by atoms with E-state index in [0.717, 1.165) is 72.8 Å². The zero-order chi connectivity index (χ0) is 49.3. The quantitative estimate of drug-likeness (QED) is 0.0271. The molecule has 0 radical (unpaired) electrons. The SMILES string of the molecule is O=C(CNc1cccc(C(=O)N(C(=O)c2cccc(NCC(=O)c3ccc([N+](=O)[O-])cc3)c2F)c2c(C(F)(F)F)ccc(C(F)(C(F)(F)F)C(F)(F)F)c2I)c1F)c1ccc([N+](=O)[O-])cc1. The maximum atomic E-state index is 16.3. The first kappa shape index (κ1) is 49.9. The van der Waals surface area contributed by atoms with Gasteiger partial charge in [-0.3, -0.25) is 39.4 Å². The van der Waals surface area contributed by atoms with Crippen LogP contribution in [0.3, 0.4) is 0 Å². The van der Waals surface area contributed by atoms with Crippen molar-refractivity contribution in [3.63, 3.8) is 0 Å². The minimum absolute atomic E-state index is 0.178. The fraction of sp³-hybridized carbons (Fsp3) is 0.150. The van der Waals surface area contributed by atoms with Gasteiger partial charge in [0.2, 0.25) is 0 Å². The van der Waals surface area contributed by atoms with E-state index in [2.05, 4.69) is 10.6 Å². The van der Waals surface area contributed by atoms with Gasteiger partial charge in [-0.2, -0.15) is 39.5 Å². The van der Waals surface area contributed by atoms with Crippen LogP contribution in [0, 0.1) is 35.4 Å². The van der Waals surface area contributed by atoms with Gasteiger partial charge < -0.3 is 10.6 Å². The Bertz CT molecular complexity index is 2620. The van der Waals surface area contributed by atoms with Crippen molar-refractivity contribution < 1.29 is 81.7 Å². The number of nitro groups is 2. The Labute approximate surface area is 373 Å². The summed E-state index contributed by atoms with van der Waals surface area (Å²) < 4.78 is 175. The molecular formula is C40H22F12IN5O8. The number of imide groups is 1. The monoisotopic (exact) mass is 1060 g/mol. The highest BCUT2D eigenvalue weighted by atomic mass is 127. The van der Waals surface area contributed by atoms with Gasteiger partial charge in [0.15, 0.2) is 23.2 Å². The summed E-state index contributed by atoms with van der Waals surface area (Å²) in [6.45, 7) is -1.73. The molecule has 0 unspecified atom stereocenters. The van der Waals surface area contributed by atoms with Crippen molar-refractivity contribution in [2.24, 2.45) is 0 Å². The second-order valence-corrected chi connectivity index (χ2v) is 14.5. The number of hydrogen-bond acceptors (Lipinski definition) is 10. The predicted octanol–water partition coefficient (Wildman–Crippen LogP) is 10.8. The first-order valence-corrected chi connectivity index (χ1v) is 18.9. The van der Waals surface area contributed by atoms with Gasteiger partial charge in [-0.1, -0.05) is 18.2 Å². The van der Waals surface area contributed by atoms with Crippen LogP contribution in [-0.2, 0) is 11.8 Å². The van der Waals surface area contributed by atoms with E-state index in [1.54, 1.807) is 0 Å². The zero-order valence-corrected chi connectivity index (χ0v) is 34.3. The van der Waals surface area contributed by atoms with Crippen LogP contribution < -0.4 is 15.5 Å². The molecule has 26 heteroatoms. The van der Waals surface area contributed by atoms with E-state index in [9.17, 15) is 78.9 Å². The summed E-state index contributed by atoms with van der Waals surface area (Å²) in [5.74, 6) is -10.0. The van der Waals surface area contributed by atoms with E-state index < -0.39 is 153 Å². The Morgan fingerprint density at radius 1 is 0.561 bits per heavy atom. The minimum atomic E-state index is -6.98. The number of amides is 2. The third-order valence-electron chi connectivity index (χ3n) is 9.34. The molecule has 2 N–H and O–H groups in total. The van der Waals surface area contributed by atoms with Crippen LogP contribution in [0.4, 0.5) is 81.1 Å². The molecular weight excluding hydrogens is 1030 g/mol. The highest BCUT2D eigenvalue weighted by molar-refractivity contribution is 14.1. The fourth-order valence-corrected chi connectivity index (χ4v) is 7.12. The first-order chi connectivity index (χ1) is 30.6. The number of rotatable bonds is 14. The van der Waals surface area contributed by atoms with Crippen LogP contribution in [-0.4, -0.2) is 58.7 Å². The van der Waals surface area contributed by atoms with E-state index in [-0.39, 0.29) is 11.1 Å². The standard InChI is InChI=1S/C40H22F12IN5O8/c41-31-23(3-1-5-27(31)54-17-29(59)19-7-11-21(12-8-19)57(63)64)35(61)56(34-26(38(44,45)46)16-15-25(33(34)53)37(43,39(47,48)49)40(50,51)52)36(62)24-4-2-6-28(32(24)42)55-18-30(60)20-9-13-22(14-10-20)58(65)66/h1-16,54-55H,17-18H2. The van der Waals surface area contributed by atoms with E-state index in [4.69, 9.17) is 0 Å². The fourth-order valence-electron chi connectivity index (χ4n) is 6.04. The zero-order valence-electron chi connectivity index (χ0n) is 32.2. The van der Waals surface area contributed by atoms with Crippen molar-refractivity contribution in [2.75, 3.05) is 28.6 Å². The van der Waals surface area contributed by atoms with Crippen LogP contribution in [0.25, 0.3) is 0 Å². The highest BCUT2D eigenvalue weighted by Gasteiger charge is 2.74. The molecule has 66 heavy (non-hydrogen) atoms. The molecule has 0 heterocycles. The molecule has 5 aromatic rings. The van der Waals surface area contributed by atoms with Crippen LogP contribution in [0.2, 0.25) is 0 Å². The number of Topliss-reactive ketones (excluding diaryl/α,β-unsaturated/α-hetero) is 2. The van der Waals surface area contributed by atoms with Gasteiger partial charge >= 0.3 is 24.2 Å². The number of nitrogens with zero attached hydrogens (tertiary/aromatic N) is 3. The molecule has 5 rings (SSSR count). The third kappa shape index (κ3) is 9.91. The number of alkyl halides is 10. The molecule has 0 aliphatic heterocycles. The van der Waals surface area contributed by atoms with E-state index >= 15 is 13.2 Å². The lowest BCUT2D eigenvalue weighted by Crippen LogP contribution is -2.51. The second-order valence-electron chi connectivity index (χ2n) is 13.4. The number of anilines is 3. The van der Waals surface area contributed by atoms with Gasteiger partial charge in [-0.15, -0.1) is 0 Å². The smallest absolute Gasteiger partial charge is 0.375 e. The molecule has 0 saturated carbocycles. The number of benzene rings is 5. The van der Waals surface area contributed by atoms with Crippen LogP contribution in [0.15, 0.2) is 97.1 Å². The number of carbonyl (C=O) groups is 4. The lowest BCUT2D eigenvalue weighted by molar-refractivity contribution is -0.385. The number of carbonyl (C=O) groups excluding carboxylic acids is 4. The second kappa shape index (κ2) is 18.8. The van der Waals surface area contributed by atoms with E-state index in [0.29, 0.717) is 34.7 Å². The Balaban J connectivity index is 1.67. The number of non-ortho nitro benzene ring substituents is 2. The summed E-state index contributed by atoms with van der Waals surface area (Å²) >= 11 is 0.378. The average molecular weight is 1060 g/mol. The molecule has 13 nitrogen and oxygen atoms in total. The molecule has 0 spiro atoms. The van der Waals surface area contributed by atoms with Crippen LogP contribution >= 0.6 is 22.6 Å². The van der Waals surface area contributed by atoms with Gasteiger partial charge in [-0.05, 0) is 77.2 Å². The van der Waals surface area contributed by atoms with Crippen molar-refractivity contribution in [2.45, 2.75) is 24.2 Å². The molecule has 5 aromatic carbocycles. The molecule has 0 aliphatic rings. The van der Waals surface area contributed by atoms with Crippen LogP contribution in [0.1, 0.15) is 52.6 Å². The molecule has 0 aliphatic carbocycles. The van der Waals surface area contributed by atoms with Gasteiger partial charge in [0.05, 0.1) is 56.7 Å². The first-order valence-electron chi connectivity index (χ1n) is 17.8. The maximum Gasteiger partial charge on any atom is 0.435 e. The van der Waals surface area contributed by atoms with Crippen molar-refractivity contribution in [3.05, 3.63) is 166 Å². The summed E-state index contributed by atoms with van der Waals surface area (Å²) in [5, 5.41) is 26.4. The number of hydrogen-bond donors (Lipinski definition) is 2. The molecule has 0 atom stereocenters. The number of halogens is 13. The van der Waals surface area contributed by atoms with Crippen molar-refractivity contribution in [3.8, 4) is 0 Å². The van der Waals surface area contributed by atoms with Crippen molar-refractivity contribution >= 4 is 74.4 Å². The van der Waals surface area contributed by atoms with Gasteiger partial charge in [0, 0.05) is 44.5 Å². The van der Waals surface area contributed by atoms with Gasteiger partial charge in [0.25, 0.3) is 23.2 Å². The number of nitrogens with one attached hydrogen (secondary N) is 2. The Morgan fingerprint density at radius 3 is 1.26 bits per heavy atom. The highest BCUT2D eigenvalue weighted by Crippen LogP contribution is 2.56. The van der Waals surface area contributed by atoms with Crippen molar-refractivity contribution in [1.29, 1.82) is 0 Å². The predicted molar refractivity (Wildman–Crippen MR) is 215 cm³/mol. The summed E-state index contributed by atoms with van der Waals surface area (Å²) in [6.07, 6.45) is -19.9. The average Bonchev–Trinajstić information content (AvgIpc) is 3.24. The normalized spacial score (nSPS) is 12.0. The summed E-state index contributed by atoms with van der Waals surface area (Å²) in [6, 6.07) is 10.9. The molecule has 0 bridgehead atoms. The van der Waals surface area contributed by atoms with E-state index in [1.807, 2.05) is 0 Å². The number of nitro benzene ring substituents is 2. The largest absolute Gasteiger partial charge is 0.435 e. The van der Waals surface area contributed by atoms with Gasteiger partial charge in [0.1, 0.15) is 0 Å². The molecule has 2 amide bonds. The molecule has 0 saturated heterocycles. The Morgan fingerprint density at radius 2 is 0.924 bits per heavy atom. The lowest BCUT2D eigenvalue weighted by Gasteiger charge is -2.33. The Kier molecular flexibility index (Phi) is 14.2. The topological polar surface area (TPSA) is 182 Å². The van der Waals surface area contributed by atoms with Gasteiger partial charge in [-0.25, -0.2) is 18.1 Å². The Hall–Kier alpha value is -7.13. The third-order valence-corrected chi connectivity index (χ3v) is 10.4. The molecule has 0 fully saturated rings. The van der Waals surface area contributed by atoms with E-state index in [1.165, 1.54) is 0 Å². The summed E-state index contributed by atoms with van der Waals surface area (Å²) in [4.78, 5) is 73.9. The van der Waals surface area contributed by atoms with Crippen molar-refractivity contribution in [1.82, 2.24) is 0 Å². The summed E-state index contributed by atoms with van der Waals surface area (Å²) in [7, 11) is 0. The molecule has 346 valence electrons. The number of ketones is 2. The maximum absolute atomic E-state index is 16.3. The lowest BCUT2D eigenvalue weighted by atomic mass is 9.91.